The van der Waals surface area contributed by atoms with Crippen LogP contribution in [0.3, 0.4) is 0 Å². The molecule has 0 unspecified atom stereocenters. The predicted molar refractivity (Wildman–Crippen MR) is 86.4 cm³/mol. The first-order valence-corrected chi connectivity index (χ1v) is 7.74. The highest BCUT2D eigenvalue weighted by atomic mass is 19.1. The van der Waals surface area contributed by atoms with Crippen LogP contribution < -0.4 is 4.90 Å². The zero-order valence-electron chi connectivity index (χ0n) is 13.4. The van der Waals surface area contributed by atoms with E-state index in [9.17, 15) is 9.65 Å². The van der Waals surface area contributed by atoms with Gasteiger partial charge in [0.1, 0.15) is 23.3 Å². The van der Waals surface area contributed by atoms with Crippen LogP contribution in [0.15, 0.2) is 30.6 Å². The SMILES string of the molecule is C[C@@H]1CN(c2cccc(F)c2C#N)CCN1Cc1nccn1C. The lowest BCUT2D eigenvalue weighted by atomic mass is 10.1. The molecule has 0 radical (unpaired) electrons. The van der Waals surface area contributed by atoms with Crippen molar-refractivity contribution in [2.24, 2.45) is 7.05 Å². The number of hydrogen-bond acceptors (Lipinski definition) is 4. The van der Waals surface area contributed by atoms with E-state index in [1.54, 1.807) is 6.07 Å². The number of piperazine rings is 1. The molecule has 6 heteroatoms. The van der Waals surface area contributed by atoms with Crippen molar-refractivity contribution in [3.05, 3.63) is 47.8 Å². The molecule has 0 amide bonds. The highest BCUT2D eigenvalue weighted by Gasteiger charge is 2.26. The van der Waals surface area contributed by atoms with Gasteiger partial charge in [-0.1, -0.05) is 6.07 Å². The Morgan fingerprint density at radius 1 is 1.39 bits per heavy atom. The molecule has 1 saturated heterocycles. The summed E-state index contributed by atoms with van der Waals surface area (Å²) in [6.07, 6.45) is 3.75. The lowest BCUT2D eigenvalue weighted by Gasteiger charge is -2.41. The van der Waals surface area contributed by atoms with Gasteiger partial charge in [-0.3, -0.25) is 4.90 Å². The topological polar surface area (TPSA) is 48.1 Å². The molecule has 1 aromatic carbocycles. The first-order chi connectivity index (χ1) is 11.1. The van der Waals surface area contributed by atoms with E-state index < -0.39 is 5.82 Å². The third kappa shape index (κ3) is 3.06. The van der Waals surface area contributed by atoms with Gasteiger partial charge in [0.25, 0.3) is 0 Å². The maximum atomic E-state index is 13.8. The lowest BCUT2D eigenvalue weighted by molar-refractivity contribution is 0.175. The second-order valence-corrected chi connectivity index (χ2v) is 5.97. The van der Waals surface area contributed by atoms with Crippen molar-refractivity contribution in [1.29, 1.82) is 5.26 Å². The van der Waals surface area contributed by atoms with Crippen molar-refractivity contribution in [3.63, 3.8) is 0 Å². The van der Waals surface area contributed by atoms with E-state index in [0.29, 0.717) is 11.7 Å². The number of benzene rings is 1. The van der Waals surface area contributed by atoms with Gasteiger partial charge in [0.05, 0.1) is 12.2 Å². The van der Waals surface area contributed by atoms with E-state index in [1.807, 2.05) is 36.1 Å². The third-order valence-electron chi connectivity index (χ3n) is 4.47. The van der Waals surface area contributed by atoms with Crippen molar-refractivity contribution in [1.82, 2.24) is 14.5 Å². The second kappa shape index (κ2) is 6.39. The van der Waals surface area contributed by atoms with Gasteiger partial charge < -0.3 is 9.47 Å². The Morgan fingerprint density at radius 3 is 2.87 bits per heavy atom. The molecule has 1 fully saturated rings. The van der Waals surface area contributed by atoms with E-state index >= 15 is 0 Å². The monoisotopic (exact) mass is 313 g/mol. The molecule has 1 atom stereocenters. The van der Waals surface area contributed by atoms with Crippen LogP contribution in [0.2, 0.25) is 0 Å². The van der Waals surface area contributed by atoms with Crippen LogP contribution in [0, 0.1) is 17.1 Å². The quantitative estimate of drug-likeness (QED) is 0.871. The summed E-state index contributed by atoms with van der Waals surface area (Å²) in [5.41, 5.74) is 0.827. The minimum atomic E-state index is -0.451. The highest BCUT2D eigenvalue weighted by molar-refractivity contribution is 5.60. The molecule has 23 heavy (non-hydrogen) atoms. The maximum Gasteiger partial charge on any atom is 0.143 e. The summed E-state index contributed by atoms with van der Waals surface area (Å²) in [6.45, 7) is 5.35. The van der Waals surface area contributed by atoms with E-state index in [0.717, 1.165) is 32.0 Å². The normalized spacial score (nSPS) is 18.9. The Morgan fingerprint density at radius 2 is 2.22 bits per heavy atom. The first kappa shape index (κ1) is 15.5. The molecule has 1 aliphatic heterocycles. The number of halogens is 1. The van der Waals surface area contributed by atoms with Crippen molar-refractivity contribution < 1.29 is 4.39 Å². The van der Waals surface area contributed by atoms with Crippen LogP contribution in [-0.4, -0.2) is 40.1 Å². The minimum Gasteiger partial charge on any atom is -0.368 e. The molecule has 120 valence electrons. The van der Waals surface area contributed by atoms with E-state index in [2.05, 4.69) is 21.7 Å². The zero-order valence-corrected chi connectivity index (χ0v) is 13.4. The number of hydrogen-bond donors (Lipinski definition) is 0. The van der Waals surface area contributed by atoms with Crippen LogP contribution in [0.1, 0.15) is 18.3 Å². The summed E-state index contributed by atoms with van der Waals surface area (Å²) in [5.74, 6) is 0.585. The lowest BCUT2D eigenvalue weighted by Crippen LogP contribution is -2.51. The Balaban J connectivity index is 1.73. The van der Waals surface area contributed by atoms with Crippen molar-refractivity contribution in [3.8, 4) is 6.07 Å². The van der Waals surface area contributed by atoms with Crippen molar-refractivity contribution in [2.45, 2.75) is 19.5 Å². The number of nitriles is 1. The van der Waals surface area contributed by atoms with E-state index in [4.69, 9.17) is 0 Å². The average Bonchev–Trinajstić information content (AvgIpc) is 2.94. The van der Waals surface area contributed by atoms with E-state index in [-0.39, 0.29) is 5.56 Å². The van der Waals surface area contributed by atoms with Crippen molar-refractivity contribution >= 4 is 5.69 Å². The van der Waals surface area contributed by atoms with Gasteiger partial charge in [-0.25, -0.2) is 9.37 Å². The van der Waals surface area contributed by atoms with Gasteiger partial charge in [0.15, 0.2) is 0 Å². The smallest absolute Gasteiger partial charge is 0.143 e. The second-order valence-electron chi connectivity index (χ2n) is 5.97. The van der Waals surface area contributed by atoms with Gasteiger partial charge in [-0.2, -0.15) is 5.26 Å². The molecule has 5 nitrogen and oxygen atoms in total. The zero-order chi connectivity index (χ0) is 16.4. The molecule has 0 bridgehead atoms. The van der Waals surface area contributed by atoms with Crippen LogP contribution >= 0.6 is 0 Å². The van der Waals surface area contributed by atoms with Gasteiger partial charge in [-0.15, -0.1) is 0 Å². The van der Waals surface area contributed by atoms with Gasteiger partial charge in [-0.05, 0) is 19.1 Å². The number of aryl methyl sites for hydroxylation is 1. The van der Waals surface area contributed by atoms with Gasteiger partial charge >= 0.3 is 0 Å². The molecular formula is C17H20FN5. The molecule has 2 heterocycles. The molecule has 1 aromatic heterocycles. The Hall–Kier alpha value is -2.39. The fraction of sp³-hybridized carbons (Fsp3) is 0.412. The van der Waals surface area contributed by atoms with Crippen LogP contribution in [-0.2, 0) is 13.6 Å². The number of aromatic nitrogens is 2. The van der Waals surface area contributed by atoms with E-state index in [1.165, 1.54) is 6.07 Å². The van der Waals surface area contributed by atoms with Gasteiger partial charge in [0, 0.05) is 45.1 Å². The molecule has 0 aliphatic carbocycles. The standard InChI is InChI=1S/C17H20FN5/c1-13-11-23(16-5-3-4-15(18)14(16)10-19)9-8-22(13)12-17-20-6-7-21(17)2/h3-7,13H,8-9,11-12H2,1-2H3/t13-/m1/s1. The van der Waals surface area contributed by atoms with Crippen LogP contribution in [0.25, 0.3) is 0 Å². The molecule has 0 saturated carbocycles. The number of nitrogens with zero attached hydrogens (tertiary/aromatic N) is 5. The Labute approximate surface area is 135 Å². The summed E-state index contributed by atoms with van der Waals surface area (Å²) < 4.78 is 15.8. The first-order valence-electron chi connectivity index (χ1n) is 7.74. The summed E-state index contributed by atoms with van der Waals surface area (Å²) >= 11 is 0. The molecule has 1 aliphatic rings. The number of rotatable bonds is 3. The summed E-state index contributed by atoms with van der Waals surface area (Å²) in [7, 11) is 2.00. The molecular weight excluding hydrogens is 293 g/mol. The fourth-order valence-electron chi connectivity index (χ4n) is 3.07. The largest absolute Gasteiger partial charge is 0.368 e. The van der Waals surface area contributed by atoms with Crippen molar-refractivity contribution in [2.75, 3.05) is 24.5 Å². The van der Waals surface area contributed by atoms with Crippen LogP contribution in [0.4, 0.5) is 10.1 Å². The molecule has 0 N–H and O–H groups in total. The average molecular weight is 313 g/mol. The highest BCUT2D eigenvalue weighted by Crippen LogP contribution is 2.25. The number of anilines is 1. The molecule has 2 aromatic rings. The summed E-state index contributed by atoms with van der Waals surface area (Å²) in [4.78, 5) is 8.84. The molecule has 0 spiro atoms. The Kier molecular flexibility index (Phi) is 4.30. The minimum absolute atomic E-state index is 0.136. The van der Waals surface area contributed by atoms with Crippen LogP contribution in [0.5, 0.6) is 0 Å². The Bertz CT molecular complexity index is 733. The summed E-state index contributed by atoms with van der Waals surface area (Å²) in [5, 5.41) is 9.21. The maximum absolute atomic E-state index is 13.8. The molecule has 3 rings (SSSR count). The predicted octanol–water partition coefficient (Wildman–Crippen LogP) is 2.14. The summed E-state index contributed by atoms with van der Waals surface area (Å²) in [6, 6.07) is 7.11. The fourth-order valence-corrected chi connectivity index (χ4v) is 3.07. The number of imidazole rings is 1. The van der Waals surface area contributed by atoms with Gasteiger partial charge in [0.2, 0.25) is 0 Å². The third-order valence-corrected chi connectivity index (χ3v) is 4.47.